The largest absolute Gasteiger partial charge is 0.492 e. The molecule has 0 radical (unpaired) electrons. The molecule has 3 aromatic rings. The van der Waals surface area contributed by atoms with Gasteiger partial charge < -0.3 is 15.0 Å². The second-order valence-corrected chi connectivity index (χ2v) is 7.51. The third kappa shape index (κ3) is 3.88. The van der Waals surface area contributed by atoms with Gasteiger partial charge in [0.2, 0.25) is 0 Å². The maximum Gasteiger partial charge on any atom is 0.251 e. The fraction of sp³-hybridized carbons (Fsp3) is 0.350. The molecular formula is C20H22N4O2S. The number of carbonyl (C=O) groups is 1. The number of ether oxygens (including phenoxy) is 1. The minimum absolute atomic E-state index is 0.0304. The number of aromatic nitrogens is 2. The smallest absolute Gasteiger partial charge is 0.251 e. The van der Waals surface area contributed by atoms with E-state index in [0.29, 0.717) is 12.2 Å². The van der Waals surface area contributed by atoms with Gasteiger partial charge in [-0.1, -0.05) is 17.4 Å². The van der Waals surface area contributed by atoms with Crippen LogP contribution in [0.2, 0.25) is 0 Å². The molecular weight excluding hydrogens is 360 g/mol. The van der Waals surface area contributed by atoms with Gasteiger partial charge in [0.15, 0.2) is 5.13 Å². The summed E-state index contributed by atoms with van der Waals surface area (Å²) in [4.78, 5) is 23.4. The molecule has 4 rings (SSSR count). The molecule has 7 heteroatoms. The van der Waals surface area contributed by atoms with Crippen molar-refractivity contribution in [2.24, 2.45) is 0 Å². The first kappa shape index (κ1) is 17.7. The molecule has 3 heterocycles. The number of benzene rings is 1. The van der Waals surface area contributed by atoms with E-state index < -0.39 is 0 Å². The number of hydrogen-bond donors (Lipinski definition) is 1. The molecule has 0 atom stereocenters. The van der Waals surface area contributed by atoms with Crippen molar-refractivity contribution in [1.29, 1.82) is 0 Å². The molecule has 0 saturated carbocycles. The Balaban J connectivity index is 1.40. The molecule has 140 valence electrons. The van der Waals surface area contributed by atoms with Crippen LogP contribution in [0.15, 0.2) is 42.7 Å². The van der Waals surface area contributed by atoms with Crippen molar-refractivity contribution >= 4 is 32.6 Å². The molecule has 1 aromatic carbocycles. The Hall–Kier alpha value is -2.67. The molecule has 1 aliphatic rings. The van der Waals surface area contributed by atoms with E-state index in [1.807, 2.05) is 19.1 Å². The van der Waals surface area contributed by atoms with E-state index in [1.54, 1.807) is 35.9 Å². The van der Waals surface area contributed by atoms with Gasteiger partial charge in [-0.15, -0.1) is 0 Å². The van der Waals surface area contributed by atoms with Crippen LogP contribution in [0.1, 0.15) is 30.1 Å². The third-order valence-electron chi connectivity index (χ3n) is 4.71. The van der Waals surface area contributed by atoms with Crippen molar-refractivity contribution in [2.45, 2.75) is 25.8 Å². The van der Waals surface area contributed by atoms with Gasteiger partial charge in [-0.05, 0) is 44.0 Å². The third-order valence-corrected chi connectivity index (χ3v) is 5.80. The summed E-state index contributed by atoms with van der Waals surface area (Å²) in [5.74, 6) is 0.814. The molecule has 1 fully saturated rings. The predicted octanol–water partition coefficient (Wildman–Crippen LogP) is 3.49. The molecule has 1 amide bonds. The van der Waals surface area contributed by atoms with Crippen LogP contribution in [0.3, 0.4) is 0 Å². The highest BCUT2D eigenvalue weighted by Crippen LogP contribution is 2.35. The molecule has 0 unspecified atom stereocenters. The van der Waals surface area contributed by atoms with Crippen molar-refractivity contribution in [3.8, 4) is 5.75 Å². The lowest BCUT2D eigenvalue weighted by Gasteiger charge is -2.32. The summed E-state index contributed by atoms with van der Waals surface area (Å²) >= 11 is 1.70. The van der Waals surface area contributed by atoms with Gasteiger partial charge in [-0.2, -0.15) is 0 Å². The van der Waals surface area contributed by atoms with Gasteiger partial charge in [-0.3, -0.25) is 9.78 Å². The Morgan fingerprint density at radius 1 is 1.26 bits per heavy atom. The Bertz CT molecular complexity index is 920. The van der Waals surface area contributed by atoms with Crippen LogP contribution < -0.4 is 15.0 Å². The molecule has 0 aliphatic carbocycles. The Morgan fingerprint density at radius 3 is 2.78 bits per heavy atom. The summed E-state index contributed by atoms with van der Waals surface area (Å²) < 4.78 is 6.84. The van der Waals surface area contributed by atoms with Crippen molar-refractivity contribution < 1.29 is 9.53 Å². The van der Waals surface area contributed by atoms with Crippen LogP contribution in [0.25, 0.3) is 10.2 Å². The van der Waals surface area contributed by atoms with E-state index in [9.17, 15) is 4.79 Å². The van der Waals surface area contributed by atoms with Crippen molar-refractivity contribution in [1.82, 2.24) is 15.3 Å². The summed E-state index contributed by atoms with van der Waals surface area (Å²) in [5.41, 5.74) is 1.59. The van der Waals surface area contributed by atoms with Crippen LogP contribution in [0, 0.1) is 0 Å². The molecule has 2 aromatic heterocycles. The van der Waals surface area contributed by atoms with Gasteiger partial charge in [0.05, 0.1) is 11.3 Å². The zero-order valence-electron chi connectivity index (χ0n) is 15.2. The summed E-state index contributed by atoms with van der Waals surface area (Å²) in [6, 6.07) is 9.73. The first-order valence-electron chi connectivity index (χ1n) is 9.23. The Morgan fingerprint density at radius 2 is 2.04 bits per heavy atom. The normalized spacial score (nSPS) is 15.1. The molecule has 27 heavy (non-hydrogen) atoms. The van der Waals surface area contributed by atoms with Gasteiger partial charge in [0.25, 0.3) is 5.91 Å². The first-order valence-corrected chi connectivity index (χ1v) is 10.0. The van der Waals surface area contributed by atoms with Crippen LogP contribution >= 0.6 is 11.3 Å². The van der Waals surface area contributed by atoms with Gasteiger partial charge in [0.1, 0.15) is 11.3 Å². The maximum atomic E-state index is 12.3. The zero-order chi connectivity index (χ0) is 18.6. The Labute approximate surface area is 162 Å². The summed E-state index contributed by atoms with van der Waals surface area (Å²) in [5, 5.41) is 4.15. The lowest BCUT2D eigenvalue weighted by molar-refractivity contribution is 0.0931. The first-order chi connectivity index (χ1) is 13.2. The maximum absolute atomic E-state index is 12.3. The standard InChI is InChI=1S/C20H22N4O2S/c1-2-26-16-4-3-5-17-18(16)23-20(27-17)24-12-8-15(9-13-24)22-19(25)14-6-10-21-11-7-14/h3-7,10-11,15H,2,8-9,12-13H2,1H3,(H,22,25). The van der Waals surface area contributed by atoms with E-state index in [0.717, 1.165) is 47.0 Å². The highest BCUT2D eigenvalue weighted by atomic mass is 32.1. The summed E-state index contributed by atoms with van der Waals surface area (Å²) in [6.07, 6.45) is 5.10. The number of anilines is 1. The number of carbonyl (C=O) groups excluding carboxylic acids is 1. The predicted molar refractivity (Wildman–Crippen MR) is 108 cm³/mol. The van der Waals surface area contributed by atoms with Crippen LogP contribution in [0.5, 0.6) is 5.75 Å². The van der Waals surface area contributed by atoms with Crippen LogP contribution in [-0.2, 0) is 0 Å². The van der Waals surface area contributed by atoms with E-state index in [1.165, 1.54) is 0 Å². The lowest BCUT2D eigenvalue weighted by atomic mass is 10.0. The van der Waals surface area contributed by atoms with Gasteiger partial charge >= 0.3 is 0 Å². The second kappa shape index (κ2) is 7.92. The van der Waals surface area contributed by atoms with Crippen LogP contribution in [0.4, 0.5) is 5.13 Å². The number of nitrogens with one attached hydrogen (secondary N) is 1. The second-order valence-electron chi connectivity index (χ2n) is 6.50. The topological polar surface area (TPSA) is 67.3 Å². The van der Waals surface area contributed by atoms with Gasteiger partial charge in [-0.25, -0.2) is 4.98 Å². The van der Waals surface area contributed by atoms with E-state index >= 15 is 0 Å². The van der Waals surface area contributed by atoms with Crippen molar-refractivity contribution in [2.75, 3.05) is 24.6 Å². The molecule has 1 aliphatic heterocycles. The average molecular weight is 382 g/mol. The number of nitrogens with zero attached hydrogens (tertiary/aromatic N) is 3. The number of amides is 1. The monoisotopic (exact) mass is 382 g/mol. The number of para-hydroxylation sites is 1. The van der Waals surface area contributed by atoms with E-state index in [-0.39, 0.29) is 11.9 Å². The van der Waals surface area contributed by atoms with Crippen LogP contribution in [-0.4, -0.2) is 41.6 Å². The number of hydrogen-bond acceptors (Lipinski definition) is 6. The summed E-state index contributed by atoms with van der Waals surface area (Å²) in [6.45, 7) is 4.38. The number of pyridine rings is 1. The molecule has 0 bridgehead atoms. The molecule has 1 N–H and O–H groups in total. The SMILES string of the molecule is CCOc1cccc2sc(N3CCC(NC(=O)c4ccncc4)CC3)nc12. The minimum atomic E-state index is -0.0304. The number of fused-ring (bicyclic) bond motifs is 1. The molecule has 1 saturated heterocycles. The quantitative estimate of drug-likeness (QED) is 0.732. The fourth-order valence-corrected chi connectivity index (χ4v) is 4.34. The lowest BCUT2D eigenvalue weighted by Crippen LogP contribution is -2.44. The van der Waals surface area contributed by atoms with E-state index in [4.69, 9.17) is 9.72 Å². The van der Waals surface area contributed by atoms with E-state index in [2.05, 4.69) is 21.3 Å². The highest BCUT2D eigenvalue weighted by molar-refractivity contribution is 7.22. The zero-order valence-corrected chi connectivity index (χ0v) is 16.0. The van der Waals surface area contributed by atoms with Crippen molar-refractivity contribution in [3.63, 3.8) is 0 Å². The molecule has 6 nitrogen and oxygen atoms in total. The number of thiazole rings is 1. The average Bonchev–Trinajstić information content (AvgIpc) is 3.15. The number of piperidine rings is 1. The summed E-state index contributed by atoms with van der Waals surface area (Å²) in [7, 11) is 0. The van der Waals surface area contributed by atoms with Gasteiger partial charge in [0, 0.05) is 37.1 Å². The highest BCUT2D eigenvalue weighted by Gasteiger charge is 2.23. The minimum Gasteiger partial charge on any atom is -0.492 e. The fourth-order valence-electron chi connectivity index (χ4n) is 3.31. The number of rotatable bonds is 5. The Kier molecular flexibility index (Phi) is 5.20. The van der Waals surface area contributed by atoms with Crippen molar-refractivity contribution in [3.05, 3.63) is 48.3 Å². The molecule has 0 spiro atoms.